The van der Waals surface area contributed by atoms with Crippen molar-refractivity contribution in [2.75, 3.05) is 42.7 Å². The summed E-state index contributed by atoms with van der Waals surface area (Å²) in [6.07, 6.45) is -11.2. The van der Waals surface area contributed by atoms with Gasteiger partial charge in [0.05, 0.1) is 42.7 Å². The van der Waals surface area contributed by atoms with E-state index in [1.54, 1.807) is 28.4 Å². The van der Waals surface area contributed by atoms with Crippen molar-refractivity contribution >= 4 is 0 Å². The molecule has 0 spiro atoms. The van der Waals surface area contributed by atoms with Crippen LogP contribution in [0.3, 0.4) is 0 Å². The summed E-state index contributed by atoms with van der Waals surface area (Å²) in [6.45, 7) is 4.44. The third kappa shape index (κ3) is 12.2. The number of rotatable bonds is 10. The fraction of sp³-hybridized carbons (Fsp3) is 0.333. The van der Waals surface area contributed by atoms with Gasteiger partial charge in [-0.1, -0.05) is 84.7 Å². The highest BCUT2D eigenvalue weighted by Crippen LogP contribution is 2.56. The van der Waals surface area contributed by atoms with Gasteiger partial charge >= 0.3 is 12.4 Å². The van der Waals surface area contributed by atoms with Crippen LogP contribution in [0.25, 0.3) is 0 Å². The molecule has 0 atom stereocenters. The molecule has 0 unspecified atom stereocenters. The smallest absolute Gasteiger partial charge is 0.411 e. The lowest BCUT2D eigenvalue weighted by molar-refractivity contribution is -0.288. The third-order valence-electron chi connectivity index (χ3n) is 8.82. The van der Waals surface area contributed by atoms with Crippen LogP contribution >= 0.6 is 0 Å². The highest BCUT2D eigenvalue weighted by Gasteiger charge is 2.72. The molecule has 0 radical (unpaired) electrons. The molecule has 0 amide bonds. The molecular weight excluding hydrogens is 750 g/mol. The van der Waals surface area contributed by atoms with Crippen molar-refractivity contribution in [3.05, 3.63) is 144 Å². The minimum absolute atomic E-state index is 0. The molecule has 0 saturated carbocycles. The van der Waals surface area contributed by atoms with Crippen LogP contribution in [0.5, 0.6) is 34.5 Å². The molecular formula is C45H56F6O6. The van der Waals surface area contributed by atoms with Crippen LogP contribution < -0.4 is 28.4 Å². The van der Waals surface area contributed by atoms with E-state index < -0.39 is 28.9 Å². The van der Waals surface area contributed by atoms with Gasteiger partial charge in [-0.25, -0.2) is 0 Å². The van der Waals surface area contributed by atoms with Crippen LogP contribution in [0.15, 0.2) is 121 Å². The highest BCUT2D eigenvalue weighted by atomic mass is 19.4. The summed E-state index contributed by atoms with van der Waals surface area (Å²) >= 11 is 0. The van der Waals surface area contributed by atoms with Gasteiger partial charge < -0.3 is 28.4 Å². The topological polar surface area (TPSA) is 55.4 Å². The largest absolute Gasteiger partial charge is 0.497 e. The van der Waals surface area contributed by atoms with Gasteiger partial charge in [0.15, 0.2) is 0 Å². The van der Waals surface area contributed by atoms with Gasteiger partial charge in [-0.05, 0) is 95.1 Å². The van der Waals surface area contributed by atoms with Crippen molar-refractivity contribution < 1.29 is 54.8 Å². The Morgan fingerprint density at radius 1 is 0.298 bits per heavy atom. The monoisotopic (exact) mass is 806 g/mol. The number of methoxy groups -OCH3 is 6. The fourth-order valence-electron chi connectivity index (χ4n) is 5.56. The molecule has 314 valence electrons. The summed E-state index contributed by atoms with van der Waals surface area (Å²) in [5.41, 5.74) is -3.58. The molecule has 6 nitrogen and oxygen atoms in total. The van der Waals surface area contributed by atoms with Crippen molar-refractivity contribution in [3.8, 4) is 34.5 Å². The minimum Gasteiger partial charge on any atom is -0.497 e. The maximum atomic E-state index is 13.8. The summed E-state index contributed by atoms with van der Waals surface area (Å²) in [7, 11) is 9.18. The van der Waals surface area contributed by atoms with Gasteiger partial charge in [-0.2, -0.15) is 26.3 Å². The molecule has 5 aromatic carbocycles. The molecule has 0 aromatic heterocycles. The van der Waals surface area contributed by atoms with Crippen molar-refractivity contribution in [2.45, 2.75) is 59.3 Å². The van der Waals surface area contributed by atoms with Crippen LogP contribution in [0.2, 0.25) is 0 Å². The molecule has 0 aliphatic carbocycles. The van der Waals surface area contributed by atoms with E-state index >= 15 is 0 Å². The summed E-state index contributed by atoms with van der Waals surface area (Å²) in [4.78, 5) is 0. The third-order valence-corrected chi connectivity index (χ3v) is 8.82. The van der Waals surface area contributed by atoms with Gasteiger partial charge in [0.1, 0.15) is 34.5 Å². The molecule has 12 heteroatoms. The maximum Gasteiger partial charge on any atom is 0.411 e. The standard InChI is InChI=1S/C17H14F6O2.C17H20O2.C8H10O2.3CH4/c1-24-13-7-3-11(4-8-13)15(16(18,19)20,17(21,22)23)12-5-9-14(25-2)10-6-12;1-17(2,13-5-9-15(18-3)10-6-13)14-7-11-16(19-4)12-8-14;1-9-7-3-5-8(10-2)6-4-7;;;/h3-10H,1-2H3;5-12H,1-4H3;3-6H,1-2H3;3*1H4. The normalized spacial score (nSPS) is 10.9. The zero-order chi connectivity index (χ0) is 40.2. The first-order valence-electron chi connectivity index (χ1n) is 16.4. The van der Waals surface area contributed by atoms with Gasteiger partial charge in [0, 0.05) is 5.41 Å². The Morgan fingerprint density at radius 3 is 0.614 bits per heavy atom. The Morgan fingerprint density at radius 2 is 0.456 bits per heavy atom. The lowest BCUT2D eigenvalue weighted by Gasteiger charge is -2.38. The van der Waals surface area contributed by atoms with Crippen molar-refractivity contribution in [3.63, 3.8) is 0 Å². The van der Waals surface area contributed by atoms with Gasteiger partial charge in [-0.3, -0.25) is 0 Å². The zero-order valence-electron chi connectivity index (χ0n) is 31.3. The first kappa shape index (κ1) is 51.5. The molecule has 0 bridgehead atoms. The molecule has 0 aliphatic rings. The lowest BCUT2D eigenvalue weighted by Crippen LogP contribution is -2.54. The summed E-state index contributed by atoms with van der Waals surface area (Å²) in [6, 6.07) is 31.2. The first-order chi connectivity index (χ1) is 25.5. The van der Waals surface area contributed by atoms with Crippen molar-refractivity contribution in [1.29, 1.82) is 0 Å². The molecule has 0 fully saturated rings. The average Bonchev–Trinajstić information content (AvgIpc) is 3.18. The predicted octanol–water partition coefficient (Wildman–Crippen LogP) is 12.8. The predicted molar refractivity (Wildman–Crippen MR) is 217 cm³/mol. The number of benzene rings is 5. The van der Waals surface area contributed by atoms with E-state index in [4.69, 9.17) is 28.4 Å². The summed E-state index contributed by atoms with van der Waals surface area (Å²) in [5, 5.41) is 0. The molecule has 0 aliphatic heterocycles. The number of hydrogen-bond acceptors (Lipinski definition) is 6. The van der Waals surface area contributed by atoms with Crippen LogP contribution in [0, 0.1) is 0 Å². The summed E-state index contributed by atoms with van der Waals surface area (Å²) < 4.78 is 113. The number of alkyl halides is 6. The SMILES string of the molecule is C.C.C.COc1ccc(C(C)(C)c2ccc(OC)cc2)cc1.COc1ccc(C(c2ccc(OC)cc2)(C(F)(F)F)C(F)(F)F)cc1.COc1ccc(OC)cc1. The summed E-state index contributed by atoms with van der Waals surface area (Å²) in [5.74, 6) is 3.76. The molecule has 5 aromatic rings. The Labute approximate surface area is 334 Å². The Kier molecular flexibility index (Phi) is 20.1. The Hall–Kier alpha value is -5.52. The molecule has 57 heavy (non-hydrogen) atoms. The average molecular weight is 807 g/mol. The quantitative estimate of drug-likeness (QED) is 0.131. The van der Waals surface area contributed by atoms with E-state index in [2.05, 4.69) is 38.1 Å². The first-order valence-corrected chi connectivity index (χ1v) is 16.4. The van der Waals surface area contributed by atoms with Crippen molar-refractivity contribution in [2.24, 2.45) is 0 Å². The Bertz CT molecular complexity index is 1700. The number of halogens is 6. The number of hydrogen-bond donors (Lipinski definition) is 0. The van der Waals surface area contributed by atoms with E-state index in [0.29, 0.717) is 0 Å². The van der Waals surface area contributed by atoms with Crippen LogP contribution in [-0.4, -0.2) is 55.0 Å². The lowest BCUT2D eigenvalue weighted by atomic mass is 9.73. The van der Waals surface area contributed by atoms with Gasteiger partial charge in [0.2, 0.25) is 5.41 Å². The highest BCUT2D eigenvalue weighted by molar-refractivity contribution is 5.47. The Balaban J connectivity index is 0.000000869. The second-order valence-corrected chi connectivity index (χ2v) is 12.2. The maximum absolute atomic E-state index is 13.8. The van der Waals surface area contributed by atoms with E-state index in [-0.39, 0.29) is 39.2 Å². The fourth-order valence-corrected chi connectivity index (χ4v) is 5.56. The van der Waals surface area contributed by atoms with Crippen LogP contribution in [0.1, 0.15) is 58.4 Å². The van der Waals surface area contributed by atoms with E-state index in [1.807, 2.05) is 48.5 Å². The number of ether oxygens (including phenoxy) is 6. The van der Waals surface area contributed by atoms with E-state index in [0.717, 1.165) is 71.5 Å². The molecule has 0 heterocycles. The molecule has 0 N–H and O–H groups in total. The second kappa shape index (κ2) is 22.3. The van der Waals surface area contributed by atoms with E-state index in [9.17, 15) is 26.3 Å². The van der Waals surface area contributed by atoms with Crippen LogP contribution in [0.4, 0.5) is 26.3 Å². The molecule has 5 rings (SSSR count). The van der Waals surface area contributed by atoms with Gasteiger partial charge in [0.25, 0.3) is 0 Å². The molecule has 0 saturated heterocycles. The minimum atomic E-state index is -5.62. The van der Waals surface area contributed by atoms with Crippen molar-refractivity contribution in [1.82, 2.24) is 0 Å². The van der Waals surface area contributed by atoms with E-state index in [1.165, 1.54) is 25.3 Å². The van der Waals surface area contributed by atoms with Crippen LogP contribution in [-0.2, 0) is 10.8 Å². The van der Waals surface area contributed by atoms with Gasteiger partial charge in [-0.15, -0.1) is 0 Å². The second-order valence-electron chi connectivity index (χ2n) is 12.2. The zero-order valence-corrected chi connectivity index (χ0v) is 31.3.